The highest BCUT2D eigenvalue weighted by Gasteiger charge is 2.12. The van der Waals surface area contributed by atoms with Gasteiger partial charge in [-0.3, -0.25) is 13.8 Å². The van der Waals surface area contributed by atoms with Gasteiger partial charge in [0, 0.05) is 18.1 Å². The van der Waals surface area contributed by atoms with Gasteiger partial charge in [-0.2, -0.15) is 0 Å². The average molecular weight is 366 g/mol. The molecular weight excluding hydrogens is 351 g/mol. The molecule has 0 unspecified atom stereocenters. The number of aromatic nitrogens is 4. The number of hydrogen-bond acceptors (Lipinski definition) is 4. The van der Waals surface area contributed by atoms with Crippen molar-refractivity contribution >= 4 is 17.4 Å². The first-order chi connectivity index (χ1) is 12.6. The number of fused-ring (bicyclic) bond motifs is 1. The topological polar surface area (TPSA) is 52.2 Å². The quantitative estimate of drug-likeness (QED) is 0.518. The Bertz CT molecular complexity index is 1150. The van der Waals surface area contributed by atoms with Gasteiger partial charge in [-0.25, -0.2) is 4.39 Å². The molecule has 4 aromatic rings. The monoisotopic (exact) mass is 366 g/mol. The lowest BCUT2D eigenvalue weighted by molar-refractivity contribution is 0.626. The number of hydrogen-bond donors (Lipinski definition) is 0. The van der Waals surface area contributed by atoms with Crippen LogP contribution in [0.25, 0.3) is 11.3 Å². The molecule has 7 heteroatoms. The third kappa shape index (κ3) is 3.13. The zero-order chi connectivity index (χ0) is 18.1. The van der Waals surface area contributed by atoms with Crippen LogP contribution in [0.3, 0.4) is 0 Å². The van der Waals surface area contributed by atoms with Crippen molar-refractivity contribution in [2.45, 2.75) is 17.8 Å². The van der Waals surface area contributed by atoms with Crippen molar-refractivity contribution in [3.8, 4) is 5.69 Å². The van der Waals surface area contributed by atoms with Gasteiger partial charge in [-0.15, -0.1) is 10.2 Å². The van der Waals surface area contributed by atoms with Crippen LogP contribution in [0.15, 0.2) is 70.9 Å². The van der Waals surface area contributed by atoms with Crippen molar-refractivity contribution in [3.63, 3.8) is 0 Å². The summed E-state index contributed by atoms with van der Waals surface area (Å²) in [5.41, 5.74) is 2.71. The van der Waals surface area contributed by atoms with E-state index < -0.39 is 5.82 Å². The van der Waals surface area contributed by atoms with E-state index in [0.717, 1.165) is 5.75 Å². The molecule has 26 heavy (non-hydrogen) atoms. The van der Waals surface area contributed by atoms with Gasteiger partial charge in [0.05, 0.1) is 5.69 Å². The van der Waals surface area contributed by atoms with Crippen molar-refractivity contribution in [1.82, 2.24) is 19.2 Å². The Morgan fingerprint density at radius 2 is 1.92 bits per heavy atom. The van der Waals surface area contributed by atoms with Crippen LogP contribution in [0.4, 0.5) is 4.39 Å². The molecule has 2 heterocycles. The number of aryl methyl sites for hydroxylation is 1. The molecule has 0 atom stereocenters. The van der Waals surface area contributed by atoms with Crippen molar-refractivity contribution in [2.24, 2.45) is 0 Å². The second-order valence-corrected chi connectivity index (χ2v) is 6.85. The Balaban J connectivity index is 1.67. The van der Waals surface area contributed by atoms with Gasteiger partial charge >= 0.3 is 5.56 Å². The van der Waals surface area contributed by atoms with Crippen LogP contribution in [-0.2, 0) is 5.75 Å². The molecule has 0 spiro atoms. The Hall–Kier alpha value is -2.93. The van der Waals surface area contributed by atoms with E-state index in [-0.39, 0.29) is 11.2 Å². The van der Waals surface area contributed by atoms with Gasteiger partial charge in [-0.1, -0.05) is 47.7 Å². The summed E-state index contributed by atoms with van der Waals surface area (Å²) in [5, 5.41) is 8.80. The van der Waals surface area contributed by atoms with Crippen molar-refractivity contribution < 1.29 is 4.39 Å². The SMILES string of the molecule is Cc1cccc(CSc2nnc3c(=O)n(-c4cccc(F)c4)ccn23)c1. The van der Waals surface area contributed by atoms with Crippen LogP contribution in [0.1, 0.15) is 11.1 Å². The minimum absolute atomic E-state index is 0.212. The highest BCUT2D eigenvalue weighted by molar-refractivity contribution is 7.98. The zero-order valence-electron chi connectivity index (χ0n) is 14.0. The Morgan fingerprint density at radius 1 is 1.08 bits per heavy atom. The summed E-state index contributed by atoms with van der Waals surface area (Å²) in [7, 11) is 0. The standard InChI is InChI=1S/C19H15FN4OS/c1-13-4-2-5-14(10-13)12-26-19-22-21-17-18(25)23(8-9-24(17)19)16-7-3-6-15(20)11-16/h2-11H,12H2,1H3. The molecule has 0 aliphatic heterocycles. The molecule has 2 aromatic heterocycles. The molecule has 0 saturated carbocycles. The molecule has 0 bridgehead atoms. The normalized spacial score (nSPS) is 11.2. The minimum atomic E-state index is -0.398. The van der Waals surface area contributed by atoms with E-state index in [1.165, 1.54) is 39.6 Å². The summed E-state index contributed by atoms with van der Waals surface area (Å²) in [6.07, 6.45) is 3.32. The first-order valence-corrected chi connectivity index (χ1v) is 9.01. The van der Waals surface area contributed by atoms with E-state index in [9.17, 15) is 9.18 Å². The van der Waals surface area contributed by atoms with E-state index in [2.05, 4.69) is 35.3 Å². The summed E-state index contributed by atoms with van der Waals surface area (Å²) >= 11 is 1.51. The first kappa shape index (κ1) is 16.5. The molecule has 5 nitrogen and oxygen atoms in total. The molecule has 0 aliphatic rings. The Morgan fingerprint density at radius 3 is 2.73 bits per heavy atom. The molecule has 0 amide bonds. The van der Waals surface area contributed by atoms with Crippen LogP contribution in [0.2, 0.25) is 0 Å². The summed E-state index contributed by atoms with van der Waals surface area (Å²) < 4.78 is 16.5. The lowest BCUT2D eigenvalue weighted by atomic mass is 10.2. The lowest BCUT2D eigenvalue weighted by Crippen LogP contribution is -2.20. The van der Waals surface area contributed by atoms with Gasteiger partial charge in [0.1, 0.15) is 5.82 Å². The number of rotatable bonds is 4. The maximum atomic E-state index is 13.4. The van der Waals surface area contributed by atoms with Gasteiger partial charge in [0.25, 0.3) is 0 Å². The second-order valence-electron chi connectivity index (χ2n) is 5.91. The molecule has 0 radical (unpaired) electrons. The third-order valence-corrected chi connectivity index (χ3v) is 4.99. The predicted molar refractivity (Wildman–Crippen MR) is 99.3 cm³/mol. The van der Waals surface area contributed by atoms with Crippen molar-refractivity contribution in [1.29, 1.82) is 0 Å². The van der Waals surface area contributed by atoms with Crippen LogP contribution in [0.5, 0.6) is 0 Å². The molecule has 0 saturated heterocycles. The van der Waals surface area contributed by atoms with E-state index in [0.29, 0.717) is 10.8 Å². The highest BCUT2D eigenvalue weighted by atomic mass is 32.2. The fraction of sp³-hybridized carbons (Fsp3) is 0.105. The number of benzene rings is 2. The largest absolute Gasteiger partial charge is 0.300 e. The van der Waals surface area contributed by atoms with E-state index >= 15 is 0 Å². The van der Waals surface area contributed by atoms with Gasteiger partial charge in [-0.05, 0) is 30.7 Å². The van der Waals surface area contributed by atoms with Gasteiger partial charge in [0.15, 0.2) is 5.16 Å². The second kappa shape index (κ2) is 6.76. The van der Waals surface area contributed by atoms with Gasteiger partial charge in [0.2, 0.25) is 5.65 Å². The average Bonchev–Trinajstić information content (AvgIpc) is 3.04. The van der Waals surface area contributed by atoms with Crippen molar-refractivity contribution in [2.75, 3.05) is 0 Å². The molecule has 130 valence electrons. The molecule has 4 rings (SSSR count). The smallest absolute Gasteiger partial charge is 0.279 e. The fourth-order valence-corrected chi connectivity index (χ4v) is 3.60. The Labute approximate surface area is 153 Å². The molecule has 0 aliphatic carbocycles. The zero-order valence-corrected chi connectivity index (χ0v) is 14.8. The summed E-state index contributed by atoms with van der Waals surface area (Å²) in [4.78, 5) is 12.7. The third-order valence-electron chi connectivity index (χ3n) is 3.98. The lowest BCUT2D eigenvalue weighted by Gasteiger charge is -2.06. The van der Waals surface area contributed by atoms with E-state index in [4.69, 9.17) is 0 Å². The van der Waals surface area contributed by atoms with E-state index in [1.807, 2.05) is 6.07 Å². The summed E-state index contributed by atoms with van der Waals surface area (Å²) in [5.74, 6) is 0.334. The van der Waals surface area contributed by atoms with Gasteiger partial charge < -0.3 is 0 Å². The van der Waals surface area contributed by atoms with E-state index in [1.54, 1.807) is 28.9 Å². The molecule has 0 N–H and O–H groups in total. The van der Waals surface area contributed by atoms with Crippen LogP contribution in [0, 0.1) is 12.7 Å². The van der Waals surface area contributed by atoms with Crippen LogP contribution in [-0.4, -0.2) is 19.2 Å². The molecule has 0 fully saturated rings. The maximum absolute atomic E-state index is 13.4. The number of halogens is 1. The fourth-order valence-electron chi connectivity index (χ4n) is 2.74. The van der Waals surface area contributed by atoms with Crippen LogP contribution < -0.4 is 5.56 Å². The summed E-state index contributed by atoms with van der Waals surface area (Å²) in [6, 6.07) is 14.1. The van der Waals surface area contributed by atoms with Crippen molar-refractivity contribution in [3.05, 3.63) is 88.2 Å². The Kier molecular flexibility index (Phi) is 4.30. The van der Waals surface area contributed by atoms with Crippen LogP contribution >= 0.6 is 11.8 Å². The molecular formula is C19H15FN4OS. The highest BCUT2D eigenvalue weighted by Crippen LogP contribution is 2.21. The first-order valence-electron chi connectivity index (χ1n) is 8.02. The number of nitrogens with zero attached hydrogens (tertiary/aromatic N) is 4. The molecule has 2 aromatic carbocycles. The minimum Gasteiger partial charge on any atom is -0.279 e. The predicted octanol–water partition coefficient (Wildman–Crippen LogP) is 3.62. The maximum Gasteiger partial charge on any atom is 0.300 e. The number of thioether (sulfide) groups is 1. The summed E-state index contributed by atoms with van der Waals surface area (Å²) in [6.45, 7) is 2.05.